The Balaban J connectivity index is 1.93. The highest BCUT2D eigenvalue weighted by atomic mass is 31.2. The van der Waals surface area contributed by atoms with Gasteiger partial charge in [-0.05, 0) is 74.7 Å². The summed E-state index contributed by atoms with van der Waals surface area (Å²) in [5.74, 6) is -12.8. The van der Waals surface area contributed by atoms with E-state index < -0.39 is 264 Å². The third-order valence-electron chi connectivity index (χ3n) is 19.0. The molecule has 3 saturated heterocycles. The van der Waals surface area contributed by atoms with E-state index in [0.29, 0.717) is 6.42 Å². The summed E-state index contributed by atoms with van der Waals surface area (Å²) in [4.78, 5) is 218. The Kier molecular flexibility index (Phi) is 53.5. The van der Waals surface area contributed by atoms with Crippen LogP contribution < -0.4 is 42.5 Å². The number of nitrogens with zero attached hydrogens (tertiary/aromatic N) is 2. The molecule has 0 aromatic carbocycles. The number of carbonyl (C=O) groups is 17. The third-order valence-corrected chi connectivity index (χ3v) is 21.1. The zero-order chi connectivity index (χ0) is 99.1. The van der Waals surface area contributed by atoms with Gasteiger partial charge >= 0.3 is 53.7 Å². The van der Waals surface area contributed by atoms with Crippen LogP contribution in [0.15, 0.2) is 0 Å². The maximum Gasteiger partial charge on any atom is 0.303 e. The molecule has 3 aliphatic heterocycles. The maximum atomic E-state index is 14.6. The number of nitrogens with one attached hydrogen (secondary N) is 8. The van der Waals surface area contributed by atoms with Crippen molar-refractivity contribution < 1.29 is 181 Å². The molecular formula is C83H135N10O38P. The first-order chi connectivity index (χ1) is 62.1. The zero-order valence-corrected chi connectivity index (χ0v) is 79.7. The van der Waals surface area contributed by atoms with Gasteiger partial charge in [0, 0.05) is 128 Å². The van der Waals surface area contributed by atoms with Gasteiger partial charge in [-0.15, -0.1) is 0 Å². The quantitative estimate of drug-likeness (QED) is 0.0164. The van der Waals surface area contributed by atoms with Gasteiger partial charge < -0.3 is 142 Å². The van der Waals surface area contributed by atoms with Crippen molar-refractivity contribution in [2.24, 2.45) is 5.41 Å². The second-order valence-corrected chi connectivity index (χ2v) is 33.8. The Labute approximate surface area is 768 Å². The predicted molar refractivity (Wildman–Crippen MR) is 453 cm³/mol. The van der Waals surface area contributed by atoms with Crippen molar-refractivity contribution in [3.05, 3.63) is 0 Å². The lowest BCUT2D eigenvalue weighted by Gasteiger charge is -2.44. The number of esters is 9. The first-order valence-electron chi connectivity index (χ1n) is 43.1. The van der Waals surface area contributed by atoms with Crippen molar-refractivity contribution in [1.29, 1.82) is 5.26 Å². The Bertz CT molecular complexity index is 3790. The molecule has 18 atom stereocenters. The second-order valence-electron chi connectivity index (χ2n) is 32.3. The van der Waals surface area contributed by atoms with E-state index in [1.54, 1.807) is 27.7 Å². The molecule has 3 heterocycles. The van der Waals surface area contributed by atoms with Crippen molar-refractivity contribution in [2.75, 3.05) is 119 Å². The van der Waals surface area contributed by atoms with E-state index in [1.165, 1.54) is 6.92 Å². The van der Waals surface area contributed by atoms with Crippen molar-refractivity contribution >= 4 is 110 Å². The lowest BCUT2D eigenvalue weighted by molar-refractivity contribution is -0.279. The van der Waals surface area contributed by atoms with Gasteiger partial charge in [0.1, 0.15) is 68.3 Å². The largest absolute Gasteiger partial charge is 0.463 e. The van der Waals surface area contributed by atoms with Crippen molar-refractivity contribution in [3.8, 4) is 6.07 Å². The molecule has 16 unspecified atom stereocenters. The normalized spacial score (nSPS) is 22.5. The van der Waals surface area contributed by atoms with Crippen LogP contribution in [0.25, 0.3) is 0 Å². The van der Waals surface area contributed by atoms with Crippen LogP contribution in [0.4, 0.5) is 0 Å². The van der Waals surface area contributed by atoms with Crippen LogP contribution >= 0.6 is 8.53 Å². The average molecular weight is 1910 g/mol. The highest BCUT2D eigenvalue weighted by molar-refractivity contribution is 7.44. The summed E-state index contributed by atoms with van der Waals surface area (Å²) in [6, 6.07) is -4.68. The molecule has 0 radical (unpaired) electrons. The molecular weight excluding hydrogens is 1780 g/mol. The van der Waals surface area contributed by atoms with Crippen LogP contribution in [-0.2, 0) is 181 Å². The SMILES string of the molecule is CC(=O)NC1C(OCCOCCNC(=O)CC[C@H](NC(=O)CC[C@H](NC(=O)C(C)(C)COC(C)(C)CCOP(OCCC#N)N(C(C)C)C(C)C)C(=O)NCCOCCOC2OC(COC(C)=O)C(OC(C)=O)C(OC(C)=O)C2NC(C)=O)C(=O)NCCOCCOC2OC(COC(C)=O)C(OC(C)=O)C(OC(C)=O)C2NC(C)=O)OC(COC(C)=O)C(OC(C)=O)C1OC(C)=O. The van der Waals surface area contributed by atoms with Crippen LogP contribution in [0.2, 0.25) is 0 Å². The summed E-state index contributed by atoms with van der Waals surface area (Å²) in [5.41, 5.74) is -2.30. The minimum absolute atomic E-state index is 0.0291. The molecule has 3 aliphatic rings. The Morgan fingerprint density at radius 2 is 0.727 bits per heavy atom. The maximum absolute atomic E-state index is 14.6. The molecule has 8 N–H and O–H groups in total. The van der Waals surface area contributed by atoms with Gasteiger partial charge in [-0.25, -0.2) is 4.67 Å². The number of hydrogen-bond acceptors (Lipinski definition) is 40. The van der Waals surface area contributed by atoms with E-state index in [-0.39, 0.29) is 124 Å². The molecule has 3 fully saturated rings. The number of nitriles is 1. The standard InChI is InChI=1S/C83H135N10O38P/c1-46(2)93(47(3)4)132(121-31-21-27-84)122-32-26-83(19,20)120-45-82(17,18)81(110)92-61(77(109)87-30-35-113-38-41-116-80-69(90-50(7)96)75(128-59(16)105)72(125-56(13)102)64(131-80)44-119-53(10)99)23-25-66(107)91-60(76(108)86-29-34-112-37-40-115-79-68(89-49(6)95)74(127-58(15)104)71(124-55(12)101)63(130-79)43-118-52(9)98)22-24-65(106)85-28-33-111-36-39-114-78-67(88-48(5)94)73(126-57(14)103)70(123-54(11)100)62(129-78)42-117-51(8)97/h46-47,60-64,67-75,78-80H,21-26,28-45H2,1-20H3,(H,85,106)(H,86,108)(H,87,109)(H,88,94)(H,89,95)(H,90,96)(H,91,107)(H,92,110)/t60-,61-,62?,63?,64?,67?,68?,69?,70?,71?,72?,73?,74?,75?,78?,79?,80?,132?/m0/s1. The van der Waals surface area contributed by atoms with Gasteiger partial charge in [0.15, 0.2) is 55.5 Å². The highest BCUT2D eigenvalue weighted by Gasteiger charge is 2.55. The Hall–Kier alpha value is -9.61. The highest BCUT2D eigenvalue weighted by Crippen LogP contribution is 2.46. The summed E-state index contributed by atoms with van der Waals surface area (Å²) >= 11 is 0. The molecule has 0 aromatic rings. The fourth-order valence-corrected chi connectivity index (χ4v) is 14.9. The Morgan fingerprint density at radius 1 is 0.402 bits per heavy atom. The lowest BCUT2D eigenvalue weighted by atomic mass is 9.92. The first kappa shape index (κ1) is 117. The number of carbonyl (C=O) groups excluding carboxylic acids is 17. The smallest absolute Gasteiger partial charge is 0.303 e. The lowest BCUT2D eigenvalue weighted by Crippen LogP contribution is -2.66. The van der Waals surface area contributed by atoms with Gasteiger partial charge in [-0.3, -0.25) is 81.5 Å². The van der Waals surface area contributed by atoms with E-state index >= 15 is 0 Å². The fourth-order valence-electron chi connectivity index (χ4n) is 13.3. The van der Waals surface area contributed by atoms with Crippen LogP contribution in [0, 0.1) is 16.7 Å². The molecule has 49 heteroatoms. The molecule has 0 aliphatic carbocycles. The van der Waals surface area contributed by atoms with Crippen LogP contribution in [0.5, 0.6) is 0 Å². The van der Waals surface area contributed by atoms with Crippen molar-refractivity contribution in [1.82, 2.24) is 47.2 Å². The molecule has 3 rings (SSSR count). The average Bonchev–Trinajstić information content (AvgIpc) is 0.792. The summed E-state index contributed by atoms with van der Waals surface area (Å²) < 4.78 is 122. The van der Waals surface area contributed by atoms with E-state index in [1.807, 2.05) is 27.7 Å². The molecule has 0 spiro atoms. The number of hydrogen-bond donors (Lipinski definition) is 8. The fraction of sp³-hybridized carbons (Fsp3) is 0.783. The second kappa shape index (κ2) is 60.6. The summed E-state index contributed by atoms with van der Waals surface area (Å²) in [5, 5.41) is 30.4. The van der Waals surface area contributed by atoms with Crippen LogP contribution in [0.3, 0.4) is 0 Å². The van der Waals surface area contributed by atoms with E-state index in [0.717, 1.165) is 76.2 Å². The first-order valence-corrected chi connectivity index (χ1v) is 44.3. The van der Waals surface area contributed by atoms with Gasteiger partial charge in [-0.2, -0.15) is 5.26 Å². The van der Waals surface area contributed by atoms with Gasteiger partial charge in [-0.1, -0.05) is 0 Å². The molecule has 0 saturated carbocycles. The number of amides is 8. The van der Waals surface area contributed by atoms with Gasteiger partial charge in [0.05, 0.1) is 103 Å². The zero-order valence-electron chi connectivity index (χ0n) is 78.8. The van der Waals surface area contributed by atoms with Crippen LogP contribution in [0.1, 0.15) is 177 Å². The topological polar surface area (TPSA) is 607 Å². The molecule has 0 bridgehead atoms. The molecule has 48 nitrogen and oxygen atoms in total. The minimum Gasteiger partial charge on any atom is -0.463 e. The minimum atomic E-state index is -1.60. The third kappa shape index (κ3) is 45.4. The van der Waals surface area contributed by atoms with Gasteiger partial charge in [0.2, 0.25) is 47.3 Å². The van der Waals surface area contributed by atoms with Crippen molar-refractivity contribution in [2.45, 2.75) is 299 Å². The predicted octanol–water partition coefficient (Wildman–Crippen LogP) is -0.563. The van der Waals surface area contributed by atoms with Gasteiger partial charge in [0.25, 0.3) is 8.53 Å². The number of rotatable bonds is 60. The molecule has 132 heavy (non-hydrogen) atoms. The number of ether oxygens (including phenoxy) is 19. The van der Waals surface area contributed by atoms with Crippen LogP contribution in [-0.4, -0.2) is 346 Å². The monoisotopic (exact) mass is 1910 g/mol. The Morgan fingerprint density at radius 3 is 1.05 bits per heavy atom. The van der Waals surface area contributed by atoms with E-state index in [2.05, 4.69) is 53.3 Å². The summed E-state index contributed by atoms with van der Waals surface area (Å²) in [6.45, 7) is 24.1. The van der Waals surface area contributed by atoms with E-state index in [4.69, 9.17) is 99.0 Å². The van der Waals surface area contributed by atoms with E-state index in [9.17, 15) is 86.8 Å². The molecule has 750 valence electrons. The molecule has 8 amide bonds. The molecule has 0 aromatic heterocycles. The van der Waals surface area contributed by atoms with Crippen molar-refractivity contribution in [3.63, 3.8) is 0 Å². The summed E-state index contributed by atoms with van der Waals surface area (Å²) in [6.07, 6.45) is -17.7. The summed E-state index contributed by atoms with van der Waals surface area (Å²) in [7, 11) is -1.60.